The molecule has 1 aliphatic rings. The highest BCUT2D eigenvalue weighted by atomic mass is 35.5. The number of halogens is 1. The number of fused-ring (bicyclic) bond motifs is 1. The molecule has 0 amide bonds. The molecule has 0 fully saturated rings. The van der Waals surface area contributed by atoms with E-state index in [2.05, 4.69) is 34.6 Å². The van der Waals surface area contributed by atoms with Gasteiger partial charge in [-0.2, -0.15) is 5.10 Å². The van der Waals surface area contributed by atoms with Crippen LogP contribution in [0.1, 0.15) is 37.5 Å². The SMILES string of the molecule is CCNC(=NCCc1ccc(OC)cc1Cl)NC1CCc2nc(CC)nn2C1. The summed E-state index contributed by atoms with van der Waals surface area (Å²) in [4.78, 5) is 9.30. The molecule has 0 spiro atoms. The first kappa shape index (κ1) is 20.5. The molecule has 1 aromatic heterocycles. The lowest BCUT2D eigenvalue weighted by Gasteiger charge is -2.25. The molecule has 8 heteroatoms. The number of hydrogen-bond donors (Lipinski definition) is 2. The van der Waals surface area contributed by atoms with E-state index in [1.54, 1.807) is 7.11 Å². The summed E-state index contributed by atoms with van der Waals surface area (Å²) in [6.07, 6.45) is 3.61. The van der Waals surface area contributed by atoms with Crippen LogP contribution in [-0.2, 0) is 25.8 Å². The highest BCUT2D eigenvalue weighted by Gasteiger charge is 2.22. The number of guanidine groups is 1. The van der Waals surface area contributed by atoms with E-state index in [1.165, 1.54) is 0 Å². The van der Waals surface area contributed by atoms with Gasteiger partial charge in [0.05, 0.1) is 13.7 Å². The number of rotatable bonds is 7. The van der Waals surface area contributed by atoms with Crippen molar-refractivity contribution >= 4 is 17.6 Å². The van der Waals surface area contributed by atoms with E-state index in [-0.39, 0.29) is 0 Å². The van der Waals surface area contributed by atoms with Crippen molar-refractivity contribution in [3.05, 3.63) is 40.4 Å². The number of nitrogens with one attached hydrogen (secondary N) is 2. The van der Waals surface area contributed by atoms with Gasteiger partial charge in [0.2, 0.25) is 0 Å². The van der Waals surface area contributed by atoms with Crippen LogP contribution in [-0.4, -0.2) is 47.0 Å². The monoisotopic (exact) mass is 404 g/mol. The van der Waals surface area contributed by atoms with Crippen LogP contribution in [0.15, 0.2) is 23.2 Å². The van der Waals surface area contributed by atoms with Crippen molar-refractivity contribution in [1.82, 2.24) is 25.4 Å². The van der Waals surface area contributed by atoms with Crippen molar-refractivity contribution in [3.8, 4) is 5.75 Å². The fourth-order valence-electron chi connectivity index (χ4n) is 3.29. The van der Waals surface area contributed by atoms with Gasteiger partial charge in [-0.1, -0.05) is 24.6 Å². The van der Waals surface area contributed by atoms with Crippen molar-refractivity contribution in [3.63, 3.8) is 0 Å². The second-order valence-corrected chi connectivity index (χ2v) is 7.24. The summed E-state index contributed by atoms with van der Waals surface area (Å²) in [6, 6.07) is 6.06. The number of aryl methyl sites for hydroxylation is 2. The summed E-state index contributed by atoms with van der Waals surface area (Å²) < 4.78 is 7.23. The van der Waals surface area contributed by atoms with E-state index in [9.17, 15) is 0 Å². The molecular weight excluding hydrogens is 376 g/mol. The van der Waals surface area contributed by atoms with Crippen molar-refractivity contribution in [2.24, 2.45) is 4.99 Å². The third-order valence-corrected chi connectivity index (χ3v) is 5.17. The molecule has 28 heavy (non-hydrogen) atoms. The maximum Gasteiger partial charge on any atom is 0.191 e. The lowest BCUT2D eigenvalue weighted by molar-refractivity contribution is 0.392. The minimum Gasteiger partial charge on any atom is -0.497 e. The Morgan fingerprint density at radius 1 is 1.39 bits per heavy atom. The maximum absolute atomic E-state index is 6.33. The van der Waals surface area contributed by atoms with Crippen LogP contribution in [0.2, 0.25) is 5.02 Å². The van der Waals surface area contributed by atoms with E-state index < -0.39 is 0 Å². The number of methoxy groups -OCH3 is 1. The van der Waals surface area contributed by atoms with E-state index >= 15 is 0 Å². The zero-order chi connectivity index (χ0) is 19.9. The molecule has 2 heterocycles. The van der Waals surface area contributed by atoms with Crippen molar-refractivity contribution in [1.29, 1.82) is 0 Å². The molecule has 1 atom stereocenters. The molecule has 0 saturated heterocycles. The Labute approximate surface area is 171 Å². The summed E-state index contributed by atoms with van der Waals surface area (Å²) in [5.74, 6) is 3.61. The largest absolute Gasteiger partial charge is 0.497 e. The normalized spacial score (nSPS) is 16.6. The minimum atomic E-state index is 0.293. The Bertz CT molecular complexity index is 819. The molecule has 0 aliphatic carbocycles. The predicted molar refractivity (Wildman–Crippen MR) is 112 cm³/mol. The fraction of sp³-hybridized carbons (Fsp3) is 0.550. The van der Waals surface area contributed by atoms with Gasteiger partial charge in [-0.05, 0) is 37.5 Å². The molecule has 0 radical (unpaired) electrons. The van der Waals surface area contributed by atoms with E-state index in [4.69, 9.17) is 21.3 Å². The summed E-state index contributed by atoms with van der Waals surface area (Å²) in [7, 11) is 1.64. The first-order valence-electron chi connectivity index (χ1n) is 9.92. The van der Waals surface area contributed by atoms with Crippen LogP contribution in [0.4, 0.5) is 0 Å². The Balaban J connectivity index is 1.58. The van der Waals surface area contributed by atoms with Gasteiger partial charge in [-0.3, -0.25) is 4.99 Å². The van der Waals surface area contributed by atoms with Crippen molar-refractivity contribution in [2.75, 3.05) is 20.2 Å². The van der Waals surface area contributed by atoms with Crippen LogP contribution in [0.5, 0.6) is 5.75 Å². The molecule has 3 rings (SSSR count). The number of nitrogens with zero attached hydrogens (tertiary/aromatic N) is 4. The third kappa shape index (κ3) is 5.16. The molecule has 2 N–H and O–H groups in total. The molecule has 0 bridgehead atoms. The number of aromatic nitrogens is 3. The quantitative estimate of drug-likeness (QED) is 0.548. The number of hydrogen-bond acceptors (Lipinski definition) is 4. The van der Waals surface area contributed by atoms with E-state index in [0.717, 1.165) is 67.7 Å². The summed E-state index contributed by atoms with van der Waals surface area (Å²) >= 11 is 6.33. The molecule has 1 aliphatic heterocycles. The average molecular weight is 405 g/mol. The van der Waals surface area contributed by atoms with Crippen LogP contribution in [0.25, 0.3) is 0 Å². The van der Waals surface area contributed by atoms with Gasteiger partial charge in [-0.25, -0.2) is 9.67 Å². The van der Waals surface area contributed by atoms with Gasteiger partial charge in [0, 0.05) is 37.0 Å². The van der Waals surface area contributed by atoms with Gasteiger partial charge < -0.3 is 15.4 Å². The lowest BCUT2D eigenvalue weighted by Crippen LogP contribution is -2.47. The van der Waals surface area contributed by atoms with Crippen LogP contribution in [0, 0.1) is 0 Å². The maximum atomic E-state index is 6.33. The smallest absolute Gasteiger partial charge is 0.191 e. The number of aliphatic imine (C=N–C) groups is 1. The first-order chi connectivity index (χ1) is 13.6. The fourth-order valence-corrected chi connectivity index (χ4v) is 3.55. The predicted octanol–water partition coefficient (Wildman–Crippen LogP) is 2.62. The standard InChI is InChI=1S/C20H29ClN6O/c1-4-18-25-19-9-7-15(13-27(19)26-18)24-20(22-5-2)23-11-10-14-6-8-16(28-3)12-17(14)21/h6,8,12,15H,4-5,7,9-11,13H2,1-3H3,(H2,22,23,24). The lowest BCUT2D eigenvalue weighted by atomic mass is 10.1. The van der Waals surface area contributed by atoms with Gasteiger partial charge in [-0.15, -0.1) is 0 Å². The Morgan fingerprint density at radius 2 is 2.25 bits per heavy atom. The van der Waals surface area contributed by atoms with Crippen LogP contribution in [0.3, 0.4) is 0 Å². The molecule has 2 aromatic rings. The molecular formula is C20H29ClN6O. The molecule has 152 valence electrons. The summed E-state index contributed by atoms with van der Waals surface area (Å²) in [5, 5.41) is 12.2. The summed E-state index contributed by atoms with van der Waals surface area (Å²) in [6.45, 7) is 6.44. The van der Waals surface area contributed by atoms with Crippen LogP contribution < -0.4 is 15.4 Å². The molecule has 7 nitrogen and oxygen atoms in total. The Kier molecular flexibility index (Phi) is 7.14. The Hall–Kier alpha value is -2.28. The number of ether oxygens (including phenoxy) is 1. The minimum absolute atomic E-state index is 0.293. The van der Waals surface area contributed by atoms with Crippen molar-refractivity contribution < 1.29 is 4.74 Å². The molecule has 1 aromatic carbocycles. The van der Waals surface area contributed by atoms with Crippen LogP contribution >= 0.6 is 11.6 Å². The highest BCUT2D eigenvalue weighted by Crippen LogP contribution is 2.22. The van der Waals surface area contributed by atoms with E-state index in [0.29, 0.717) is 17.6 Å². The topological polar surface area (TPSA) is 76.4 Å². The molecule has 0 saturated carbocycles. The summed E-state index contributed by atoms with van der Waals surface area (Å²) in [5.41, 5.74) is 1.07. The second-order valence-electron chi connectivity index (χ2n) is 6.83. The molecule has 1 unspecified atom stereocenters. The van der Waals surface area contributed by atoms with Gasteiger partial charge in [0.1, 0.15) is 11.6 Å². The zero-order valence-corrected chi connectivity index (χ0v) is 17.6. The second kappa shape index (κ2) is 9.78. The van der Waals surface area contributed by atoms with Gasteiger partial charge in [0.15, 0.2) is 11.8 Å². The van der Waals surface area contributed by atoms with Gasteiger partial charge in [0.25, 0.3) is 0 Å². The number of benzene rings is 1. The Morgan fingerprint density at radius 3 is 2.96 bits per heavy atom. The van der Waals surface area contributed by atoms with Crippen molar-refractivity contribution in [2.45, 2.75) is 52.1 Å². The highest BCUT2D eigenvalue weighted by molar-refractivity contribution is 6.31. The first-order valence-corrected chi connectivity index (χ1v) is 10.3. The van der Waals surface area contributed by atoms with E-state index in [1.807, 2.05) is 22.9 Å². The zero-order valence-electron chi connectivity index (χ0n) is 16.8. The third-order valence-electron chi connectivity index (χ3n) is 4.81. The average Bonchev–Trinajstić information content (AvgIpc) is 3.11. The van der Waals surface area contributed by atoms with Gasteiger partial charge >= 0.3 is 0 Å².